The summed E-state index contributed by atoms with van der Waals surface area (Å²) in [5.41, 5.74) is 0.679. The van der Waals surface area contributed by atoms with E-state index in [4.69, 9.17) is 4.74 Å². The van der Waals surface area contributed by atoms with Crippen LogP contribution in [0.15, 0.2) is 47.4 Å². The summed E-state index contributed by atoms with van der Waals surface area (Å²) in [6.45, 7) is 1.39. The van der Waals surface area contributed by atoms with Gasteiger partial charge >= 0.3 is 5.97 Å². The van der Waals surface area contributed by atoms with Gasteiger partial charge in [-0.2, -0.15) is 0 Å². The van der Waals surface area contributed by atoms with Gasteiger partial charge in [0.2, 0.25) is 0 Å². The highest BCUT2D eigenvalue weighted by Gasteiger charge is 2.18. The number of Topliss-reactive ketones (excluding diaryl/α,β-unsaturated/α-hetero) is 1. The quantitative estimate of drug-likeness (QED) is 0.625. The maximum Gasteiger partial charge on any atom is 0.337 e. The second kappa shape index (κ2) is 7.35. The molecular weight excluding hydrogens is 346 g/mol. The van der Waals surface area contributed by atoms with Crippen LogP contribution in [0.3, 0.4) is 0 Å². The minimum absolute atomic E-state index is 0.0250. The van der Waals surface area contributed by atoms with Crippen molar-refractivity contribution in [3.05, 3.63) is 53.6 Å². The minimum Gasteiger partial charge on any atom is -0.495 e. The summed E-state index contributed by atoms with van der Waals surface area (Å²) in [6, 6.07) is 9.77. The molecule has 0 atom stereocenters. The molecule has 8 heteroatoms. The van der Waals surface area contributed by atoms with E-state index in [1.165, 1.54) is 63.6 Å². The van der Waals surface area contributed by atoms with Gasteiger partial charge in [0.25, 0.3) is 10.0 Å². The second-order valence-corrected chi connectivity index (χ2v) is 6.78. The zero-order valence-corrected chi connectivity index (χ0v) is 14.7. The SMILES string of the molecule is COC(=O)c1ccc(OC)c(NS(=O)(=O)c2ccc(C(C)=O)cc2)c1. The van der Waals surface area contributed by atoms with Crippen molar-refractivity contribution in [3.63, 3.8) is 0 Å². The van der Waals surface area contributed by atoms with Crippen LogP contribution in [0.2, 0.25) is 0 Å². The number of nitrogens with one attached hydrogen (secondary N) is 1. The molecule has 132 valence electrons. The number of ether oxygens (including phenoxy) is 2. The van der Waals surface area contributed by atoms with E-state index in [1.807, 2.05) is 0 Å². The Morgan fingerprint density at radius 3 is 2.08 bits per heavy atom. The van der Waals surface area contributed by atoms with Crippen molar-refractivity contribution in [2.75, 3.05) is 18.9 Å². The Bertz CT molecular complexity index is 903. The number of benzene rings is 2. The van der Waals surface area contributed by atoms with Crippen LogP contribution >= 0.6 is 0 Å². The van der Waals surface area contributed by atoms with E-state index in [1.54, 1.807) is 0 Å². The Hall–Kier alpha value is -2.87. The van der Waals surface area contributed by atoms with Crippen LogP contribution < -0.4 is 9.46 Å². The number of carbonyl (C=O) groups excluding carboxylic acids is 2. The van der Waals surface area contributed by atoms with Crippen molar-refractivity contribution in [1.29, 1.82) is 0 Å². The monoisotopic (exact) mass is 363 g/mol. The molecule has 0 aliphatic carbocycles. The zero-order chi connectivity index (χ0) is 18.6. The number of rotatable bonds is 6. The number of esters is 1. The van der Waals surface area contributed by atoms with E-state index in [0.29, 0.717) is 5.56 Å². The van der Waals surface area contributed by atoms with Crippen molar-refractivity contribution >= 4 is 27.5 Å². The maximum atomic E-state index is 12.5. The highest BCUT2D eigenvalue weighted by molar-refractivity contribution is 7.92. The van der Waals surface area contributed by atoms with E-state index < -0.39 is 16.0 Å². The summed E-state index contributed by atoms with van der Waals surface area (Å²) in [6.07, 6.45) is 0. The van der Waals surface area contributed by atoms with Gasteiger partial charge in [-0.3, -0.25) is 9.52 Å². The van der Waals surface area contributed by atoms with Crippen LogP contribution in [0, 0.1) is 0 Å². The fourth-order valence-electron chi connectivity index (χ4n) is 2.11. The molecule has 25 heavy (non-hydrogen) atoms. The van der Waals surface area contributed by atoms with Gasteiger partial charge < -0.3 is 9.47 Å². The summed E-state index contributed by atoms with van der Waals surface area (Å²) in [7, 11) is -1.32. The average Bonchev–Trinajstić information content (AvgIpc) is 2.60. The van der Waals surface area contributed by atoms with Crippen LogP contribution in [0.25, 0.3) is 0 Å². The van der Waals surface area contributed by atoms with Gasteiger partial charge in [-0.05, 0) is 37.3 Å². The average molecular weight is 363 g/mol. The van der Waals surface area contributed by atoms with E-state index >= 15 is 0 Å². The molecule has 7 nitrogen and oxygen atoms in total. The Labute approximate surface area is 145 Å². The predicted octanol–water partition coefficient (Wildman–Crippen LogP) is 2.49. The summed E-state index contributed by atoms with van der Waals surface area (Å²) < 4.78 is 37.2. The first-order chi connectivity index (χ1) is 11.8. The number of ketones is 1. The Kier molecular flexibility index (Phi) is 5.43. The fraction of sp³-hybridized carbons (Fsp3) is 0.176. The first kappa shape index (κ1) is 18.5. The van der Waals surface area contributed by atoms with Crippen molar-refractivity contribution < 1.29 is 27.5 Å². The highest BCUT2D eigenvalue weighted by atomic mass is 32.2. The molecule has 0 spiro atoms. The van der Waals surface area contributed by atoms with Crippen molar-refractivity contribution in [2.24, 2.45) is 0 Å². The van der Waals surface area contributed by atoms with Crippen molar-refractivity contribution in [1.82, 2.24) is 0 Å². The lowest BCUT2D eigenvalue weighted by atomic mass is 10.2. The van der Waals surface area contributed by atoms with Gasteiger partial charge in [0.05, 0.1) is 30.4 Å². The van der Waals surface area contributed by atoms with Crippen LogP contribution in [0.1, 0.15) is 27.6 Å². The summed E-state index contributed by atoms with van der Waals surface area (Å²) >= 11 is 0. The smallest absolute Gasteiger partial charge is 0.337 e. The Morgan fingerprint density at radius 2 is 1.56 bits per heavy atom. The van der Waals surface area contributed by atoms with E-state index in [9.17, 15) is 18.0 Å². The topological polar surface area (TPSA) is 98.8 Å². The van der Waals surface area contributed by atoms with Gasteiger partial charge in [0, 0.05) is 5.56 Å². The Morgan fingerprint density at radius 1 is 0.960 bits per heavy atom. The third kappa shape index (κ3) is 4.16. The van der Waals surface area contributed by atoms with E-state index in [0.717, 1.165) is 0 Å². The first-order valence-corrected chi connectivity index (χ1v) is 8.67. The van der Waals surface area contributed by atoms with Crippen LogP contribution in [0.5, 0.6) is 5.75 Å². The number of sulfonamides is 1. The van der Waals surface area contributed by atoms with Gasteiger partial charge in [-0.15, -0.1) is 0 Å². The normalized spacial score (nSPS) is 10.8. The number of methoxy groups -OCH3 is 2. The molecule has 1 N–H and O–H groups in total. The standard InChI is InChI=1S/C17H17NO6S/c1-11(19)12-4-7-14(8-5-12)25(21,22)18-15-10-13(17(20)24-3)6-9-16(15)23-2/h4-10,18H,1-3H3. The van der Waals surface area contributed by atoms with Gasteiger partial charge in [-0.1, -0.05) is 12.1 Å². The van der Waals surface area contributed by atoms with E-state index in [-0.39, 0.29) is 27.7 Å². The molecule has 0 unspecified atom stereocenters. The summed E-state index contributed by atoms with van der Waals surface area (Å²) in [5.74, 6) is -0.519. The van der Waals surface area contributed by atoms with Gasteiger partial charge in [0.1, 0.15) is 5.75 Å². The van der Waals surface area contributed by atoms with Gasteiger partial charge in [-0.25, -0.2) is 13.2 Å². The molecule has 0 aromatic heterocycles. The molecule has 2 rings (SSSR count). The molecule has 0 saturated carbocycles. The zero-order valence-electron chi connectivity index (χ0n) is 13.9. The van der Waals surface area contributed by atoms with Crippen LogP contribution in [-0.4, -0.2) is 34.4 Å². The number of carbonyl (C=O) groups is 2. The third-order valence-electron chi connectivity index (χ3n) is 3.44. The molecule has 0 amide bonds. The fourth-order valence-corrected chi connectivity index (χ4v) is 3.17. The van der Waals surface area contributed by atoms with Crippen LogP contribution in [-0.2, 0) is 14.8 Å². The number of anilines is 1. The number of hydrogen-bond donors (Lipinski definition) is 1. The number of hydrogen-bond acceptors (Lipinski definition) is 6. The molecule has 0 bridgehead atoms. The largest absolute Gasteiger partial charge is 0.495 e. The molecule has 2 aromatic carbocycles. The third-order valence-corrected chi connectivity index (χ3v) is 4.82. The predicted molar refractivity (Wildman–Crippen MR) is 91.6 cm³/mol. The maximum absolute atomic E-state index is 12.5. The summed E-state index contributed by atoms with van der Waals surface area (Å²) in [4.78, 5) is 22.9. The molecule has 2 aromatic rings. The molecule has 0 aliphatic rings. The second-order valence-electron chi connectivity index (χ2n) is 5.09. The lowest BCUT2D eigenvalue weighted by Gasteiger charge is -2.13. The van der Waals surface area contributed by atoms with Crippen molar-refractivity contribution in [2.45, 2.75) is 11.8 Å². The molecule has 0 saturated heterocycles. The lowest BCUT2D eigenvalue weighted by molar-refractivity contribution is 0.0600. The molecule has 0 radical (unpaired) electrons. The summed E-state index contributed by atoms with van der Waals surface area (Å²) in [5, 5.41) is 0. The van der Waals surface area contributed by atoms with Crippen molar-refractivity contribution in [3.8, 4) is 5.75 Å². The highest BCUT2D eigenvalue weighted by Crippen LogP contribution is 2.28. The van der Waals surface area contributed by atoms with E-state index in [2.05, 4.69) is 9.46 Å². The molecule has 0 heterocycles. The minimum atomic E-state index is -3.93. The van der Waals surface area contributed by atoms with Gasteiger partial charge in [0.15, 0.2) is 5.78 Å². The van der Waals surface area contributed by atoms with Crippen LogP contribution in [0.4, 0.5) is 5.69 Å². The Balaban J connectivity index is 2.39. The lowest BCUT2D eigenvalue weighted by Crippen LogP contribution is -2.14. The molecular formula is C17H17NO6S. The first-order valence-electron chi connectivity index (χ1n) is 7.18. The molecule has 0 aliphatic heterocycles. The molecule has 0 fully saturated rings.